The third-order valence-corrected chi connectivity index (χ3v) is 10.4. The maximum absolute atomic E-state index is 14.9. The molecular formula is C39H40Cl2FN3O7. The quantitative estimate of drug-likeness (QED) is 0.0782. The van der Waals surface area contributed by atoms with E-state index in [4.69, 9.17) is 42.1 Å². The molecule has 1 aromatic heterocycles. The summed E-state index contributed by atoms with van der Waals surface area (Å²) in [6.07, 6.45) is 3.94. The largest absolute Gasteiger partial charge is 0.619 e. The maximum atomic E-state index is 14.9. The van der Waals surface area contributed by atoms with Crippen molar-refractivity contribution >= 4 is 41.0 Å². The summed E-state index contributed by atoms with van der Waals surface area (Å²) in [7, 11) is 3.03. The van der Waals surface area contributed by atoms with Gasteiger partial charge >= 0.3 is 12.1 Å². The van der Waals surface area contributed by atoms with Gasteiger partial charge in [-0.25, -0.2) is 14.0 Å². The van der Waals surface area contributed by atoms with E-state index in [2.05, 4.69) is 4.90 Å². The summed E-state index contributed by atoms with van der Waals surface area (Å²) < 4.78 is 38.2. The van der Waals surface area contributed by atoms with Crippen molar-refractivity contribution in [3.63, 3.8) is 0 Å². The Labute approximate surface area is 312 Å². The Morgan fingerprint density at radius 1 is 0.981 bits per heavy atom. The summed E-state index contributed by atoms with van der Waals surface area (Å²) in [6.45, 7) is 2.99. The molecule has 2 atom stereocenters. The highest BCUT2D eigenvalue weighted by Crippen LogP contribution is 2.36. The third-order valence-electron chi connectivity index (χ3n) is 9.72. The van der Waals surface area contributed by atoms with Crippen LogP contribution in [0.5, 0.6) is 11.5 Å². The van der Waals surface area contributed by atoms with Gasteiger partial charge in [0, 0.05) is 25.1 Å². The minimum absolute atomic E-state index is 0.0818. The minimum Gasteiger partial charge on any atom is -0.619 e. The molecule has 3 aliphatic rings. The molecule has 0 unspecified atom stereocenters. The number of rotatable bonds is 13. The molecule has 7 rings (SSSR count). The number of pyridine rings is 1. The van der Waals surface area contributed by atoms with E-state index in [0.717, 1.165) is 31.5 Å². The summed E-state index contributed by atoms with van der Waals surface area (Å²) in [5.74, 6) is 0.186. The third kappa shape index (κ3) is 8.71. The number of para-hydroxylation sites is 1. The zero-order valence-electron chi connectivity index (χ0n) is 28.9. The van der Waals surface area contributed by atoms with Crippen LogP contribution in [0.2, 0.25) is 10.0 Å². The number of carbonyl (C=O) groups excluding carboxylic acids is 2. The smallest absolute Gasteiger partial charge is 0.414 e. The summed E-state index contributed by atoms with van der Waals surface area (Å²) in [5.41, 5.74) is 2.45. The van der Waals surface area contributed by atoms with Crippen molar-refractivity contribution in [1.82, 2.24) is 4.90 Å². The van der Waals surface area contributed by atoms with E-state index in [9.17, 15) is 19.2 Å². The van der Waals surface area contributed by atoms with Gasteiger partial charge in [0.15, 0.2) is 23.9 Å². The average Bonchev–Trinajstić information content (AvgIpc) is 3.15. The van der Waals surface area contributed by atoms with Crippen LogP contribution in [-0.4, -0.2) is 63.5 Å². The lowest BCUT2D eigenvalue weighted by atomic mass is 9.86. The Morgan fingerprint density at radius 2 is 1.67 bits per heavy atom. The van der Waals surface area contributed by atoms with Crippen LogP contribution in [-0.2, 0) is 22.3 Å². The van der Waals surface area contributed by atoms with Crippen molar-refractivity contribution in [2.75, 3.05) is 45.3 Å². The van der Waals surface area contributed by atoms with E-state index < -0.39 is 24.0 Å². The number of aryl methyl sites for hydroxylation is 1. The normalized spacial score (nSPS) is 18.4. The topological polar surface area (TPSA) is 104 Å². The monoisotopic (exact) mass is 751 g/mol. The maximum Gasteiger partial charge on any atom is 0.414 e. The van der Waals surface area contributed by atoms with Crippen LogP contribution in [0.3, 0.4) is 0 Å². The van der Waals surface area contributed by atoms with Crippen molar-refractivity contribution in [3.8, 4) is 11.5 Å². The summed E-state index contributed by atoms with van der Waals surface area (Å²) in [6, 6.07) is 18.3. The number of hydrogen-bond donors (Lipinski definition) is 0. The van der Waals surface area contributed by atoms with Gasteiger partial charge in [0.2, 0.25) is 0 Å². The van der Waals surface area contributed by atoms with Gasteiger partial charge in [-0.05, 0) is 92.2 Å². The number of benzene rings is 3. The van der Waals surface area contributed by atoms with Crippen LogP contribution in [0.4, 0.5) is 14.9 Å². The fraction of sp³-hybridized carbons (Fsp3) is 0.359. The molecule has 274 valence electrons. The molecule has 0 saturated carbocycles. The summed E-state index contributed by atoms with van der Waals surface area (Å²) in [4.78, 5) is 30.7. The number of amides is 1. The number of aromatic nitrogens is 1. The molecule has 3 aromatic carbocycles. The Hall–Kier alpha value is -4.58. The molecule has 13 heteroatoms. The number of ether oxygens (including phenoxy) is 4. The zero-order chi connectivity index (χ0) is 36.8. The van der Waals surface area contributed by atoms with Gasteiger partial charge in [-0.1, -0.05) is 53.5 Å². The van der Waals surface area contributed by atoms with Crippen molar-refractivity contribution in [3.05, 3.63) is 122 Å². The van der Waals surface area contributed by atoms with Gasteiger partial charge < -0.3 is 24.2 Å². The van der Waals surface area contributed by atoms with Crippen LogP contribution < -0.4 is 19.1 Å². The number of esters is 1. The van der Waals surface area contributed by atoms with Crippen LogP contribution in [0.1, 0.15) is 52.4 Å². The number of methoxy groups -OCH3 is 2. The Bertz CT molecular complexity index is 1870. The minimum atomic E-state index is -0.852. The molecular weight excluding hydrogens is 712 g/mol. The number of hydrogen-bond acceptors (Lipinski definition) is 8. The lowest BCUT2D eigenvalue weighted by Gasteiger charge is -2.44. The van der Waals surface area contributed by atoms with Crippen molar-refractivity contribution in [2.24, 2.45) is 5.92 Å². The highest BCUT2D eigenvalue weighted by molar-refractivity contribution is 6.35. The van der Waals surface area contributed by atoms with Crippen molar-refractivity contribution in [1.29, 1.82) is 0 Å². The van der Waals surface area contributed by atoms with Gasteiger partial charge in [0.05, 0.1) is 25.5 Å². The first-order chi connectivity index (χ1) is 25.1. The molecule has 3 aliphatic heterocycles. The van der Waals surface area contributed by atoms with Gasteiger partial charge in [-0.2, -0.15) is 4.73 Å². The number of piperidine rings is 3. The van der Waals surface area contributed by atoms with E-state index >= 15 is 0 Å². The van der Waals surface area contributed by atoms with Gasteiger partial charge in [-0.3, -0.25) is 9.80 Å². The van der Waals surface area contributed by atoms with E-state index in [-0.39, 0.29) is 34.8 Å². The van der Waals surface area contributed by atoms with Gasteiger partial charge in [-0.15, -0.1) is 0 Å². The van der Waals surface area contributed by atoms with E-state index in [1.165, 1.54) is 37.6 Å². The Kier molecular flexibility index (Phi) is 12.0. The molecule has 0 spiro atoms. The molecule has 4 aromatic rings. The Balaban J connectivity index is 1.13. The number of halogens is 3. The second-order valence-corrected chi connectivity index (χ2v) is 13.8. The number of carbonyl (C=O) groups is 2. The highest BCUT2D eigenvalue weighted by atomic mass is 35.5. The number of nitrogens with zero attached hydrogens (tertiary/aromatic N) is 3. The molecule has 3 fully saturated rings. The lowest BCUT2D eigenvalue weighted by Crippen LogP contribution is -2.53. The summed E-state index contributed by atoms with van der Waals surface area (Å²) >= 11 is 12.8. The molecule has 52 heavy (non-hydrogen) atoms. The predicted molar refractivity (Wildman–Crippen MR) is 195 cm³/mol. The second kappa shape index (κ2) is 16.8. The molecule has 4 heterocycles. The zero-order valence-corrected chi connectivity index (χ0v) is 30.4. The van der Waals surface area contributed by atoms with Crippen LogP contribution in [0.15, 0.2) is 79.1 Å². The van der Waals surface area contributed by atoms with E-state index in [0.29, 0.717) is 58.2 Å². The molecule has 0 radical (unpaired) electrons. The SMILES string of the molecule is COc1ccc([C@H](Cc2c(Cl)c[n+]([O-])cc2Cl)OC(=O)c2ccc(CCCN(C(=O)O[C@H]3CN4CCC3CC4)c3ccccc3F)cc2)cc1OC. The first-order valence-corrected chi connectivity index (χ1v) is 17.9. The Morgan fingerprint density at radius 3 is 2.31 bits per heavy atom. The lowest BCUT2D eigenvalue weighted by molar-refractivity contribution is -0.605. The molecule has 3 saturated heterocycles. The highest BCUT2D eigenvalue weighted by Gasteiger charge is 2.37. The fourth-order valence-electron chi connectivity index (χ4n) is 6.86. The predicted octanol–water partition coefficient (Wildman–Crippen LogP) is 7.59. The molecule has 0 N–H and O–H groups in total. The van der Waals surface area contributed by atoms with Crippen LogP contribution >= 0.6 is 23.2 Å². The number of anilines is 1. The van der Waals surface area contributed by atoms with Crippen LogP contribution in [0, 0.1) is 16.9 Å². The first kappa shape index (κ1) is 37.2. The van der Waals surface area contributed by atoms with E-state index in [1.54, 1.807) is 48.5 Å². The average molecular weight is 753 g/mol. The molecule has 0 aliphatic carbocycles. The summed E-state index contributed by atoms with van der Waals surface area (Å²) in [5, 5.41) is 12.1. The molecule has 1 amide bonds. The van der Waals surface area contributed by atoms with Gasteiger partial charge in [0.25, 0.3) is 0 Å². The van der Waals surface area contributed by atoms with Gasteiger partial charge in [0.1, 0.15) is 28.1 Å². The number of fused-ring (bicyclic) bond motifs is 3. The molecule has 10 nitrogen and oxygen atoms in total. The van der Waals surface area contributed by atoms with Crippen LogP contribution in [0.25, 0.3) is 0 Å². The van der Waals surface area contributed by atoms with Crippen molar-refractivity contribution in [2.45, 2.75) is 44.3 Å². The molecule has 2 bridgehead atoms. The fourth-order valence-corrected chi connectivity index (χ4v) is 7.45. The first-order valence-electron chi connectivity index (χ1n) is 17.2. The second-order valence-electron chi connectivity index (χ2n) is 13.0. The van der Waals surface area contributed by atoms with Crippen molar-refractivity contribution < 1.29 is 37.7 Å². The standard InChI is InChI=1S/C39H40Cl2FN3O7/c1-49-34-14-13-28(20-36(34)50-2)35(21-29-30(40)22-44(48)23-31(29)41)51-38(46)27-11-9-25(10-12-27)6-5-17-45(33-8-4-3-7-32(33)42)39(47)52-37-24-43-18-15-26(37)16-19-43/h3-4,7-14,20,22-23,26,35,37H,5-6,15-19,21,24H2,1-2H3/t35-,37-/m0/s1. The van der Waals surface area contributed by atoms with E-state index in [1.807, 2.05) is 12.1 Å².